The Morgan fingerprint density at radius 1 is 1.11 bits per heavy atom. The minimum atomic E-state index is -3.23. The molecule has 2 aromatic rings. The Kier molecular flexibility index (Phi) is 3.76. The van der Waals surface area contributed by atoms with Gasteiger partial charge in [0, 0.05) is 18.5 Å². The maximum absolute atomic E-state index is 11.7. The van der Waals surface area contributed by atoms with Gasteiger partial charge in [0.1, 0.15) is 0 Å². The van der Waals surface area contributed by atoms with Gasteiger partial charge in [0.25, 0.3) is 0 Å². The van der Waals surface area contributed by atoms with E-state index in [0.29, 0.717) is 22.8 Å². The quantitative estimate of drug-likeness (QED) is 0.840. The molecule has 0 unspecified atom stereocenters. The summed E-state index contributed by atoms with van der Waals surface area (Å²) in [5.74, 6) is 0. The monoisotopic (exact) mass is 276 g/mol. The Balaban J connectivity index is 2.21. The second-order valence-electron chi connectivity index (χ2n) is 4.37. The van der Waals surface area contributed by atoms with Gasteiger partial charge in [-0.05, 0) is 29.8 Å². The highest BCUT2D eigenvalue weighted by Crippen LogP contribution is 2.21. The lowest BCUT2D eigenvalue weighted by molar-refractivity contribution is 0.602. The fourth-order valence-electron chi connectivity index (χ4n) is 1.84. The summed E-state index contributed by atoms with van der Waals surface area (Å²) in [7, 11) is -3.23. The molecule has 0 saturated heterocycles. The fourth-order valence-corrected chi connectivity index (χ4v) is 2.70. The van der Waals surface area contributed by atoms with Gasteiger partial charge in [0.15, 0.2) is 9.84 Å². The predicted octanol–water partition coefficient (Wildman–Crippen LogP) is 2.28. The molecule has 0 heterocycles. The van der Waals surface area contributed by atoms with Gasteiger partial charge in [-0.3, -0.25) is 0 Å². The predicted molar refractivity (Wildman–Crippen MR) is 77.7 cm³/mol. The molecular weight excluding hydrogens is 260 g/mol. The van der Waals surface area contributed by atoms with Gasteiger partial charge in [0.2, 0.25) is 0 Å². The van der Waals surface area contributed by atoms with Crippen molar-refractivity contribution in [3.8, 4) is 0 Å². The van der Waals surface area contributed by atoms with Crippen LogP contribution >= 0.6 is 0 Å². The van der Waals surface area contributed by atoms with Gasteiger partial charge in [-0.2, -0.15) is 0 Å². The molecule has 0 aliphatic heterocycles. The van der Waals surface area contributed by atoms with Crippen LogP contribution < -0.4 is 11.1 Å². The highest BCUT2D eigenvalue weighted by molar-refractivity contribution is 7.90. The normalized spacial score (nSPS) is 11.2. The van der Waals surface area contributed by atoms with Crippen molar-refractivity contribution < 1.29 is 8.42 Å². The summed E-state index contributed by atoms with van der Waals surface area (Å²) < 4.78 is 23.3. The molecule has 0 fully saturated rings. The van der Waals surface area contributed by atoms with Crippen LogP contribution in [0.5, 0.6) is 0 Å². The zero-order chi connectivity index (χ0) is 13.9. The fraction of sp³-hybridized carbons (Fsp3) is 0.143. The summed E-state index contributed by atoms with van der Waals surface area (Å²) >= 11 is 0. The van der Waals surface area contributed by atoms with Crippen molar-refractivity contribution >= 4 is 21.2 Å². The summed E-state index contributed by atoms with van der Waals surface area (Å²) in [6.45, 7) is 0.525. The molecular formula is C14H16N2O2S. The van der Waals surface area contributed by atoms with Crippen LogP contribution in [0, 0.1) is 0 Å². The lowest BCUT2D eigenvalue weighted by Crippen LogP contribution is -2.06. The second-order valence-corrected chi connectivity index (χ2v) is 6.35. The first-order chi connectivity index (χ1) is 8.97. The molecule has 4 nitrogen and oxygen atoms in total. The van der Waals surface area contributed by atoms with Crippen molar-refractivity contribution in [2.24, 2.45) is 0 Å². The van der Waals surface area contributed by atoms with E-state index < -0.39 is 9.84 Å². The van der Waals surface area contributed by atoms with Crippen LogP contribution in [0.2, 0.25) is 0 Å². The molecule has 0 aliphatic carbocycles. The molecule has 0 saturated carbocycles. The molecule has 0 radical (unpaired) electrons. The number of hydrogen-bond donors (Lipinski definition) is 2. The third-order valence-corrected chi connectivity index (χ3v) is 3.88. The number of sulfone groups is 1. The number of hydrogen-bond acceptors (Lipinski definition) is 4. The molecule has 0 amide bonds. The van der Waals surface area contributed by atoms with E-state index in [4.69, 9.17) is 5.73 Å². The molecule has 2 aromatic carbocycles. The van der Waals surface area contributed by atoms with Gasteiger partial charge in [-0.1, -0.05) is 24.3 Å². The van der Waals surface area contributed by atoms with Crippen LogP contribution in [0.15, 0.2) is 53.4 Å². The lowest BCUT2D eigenvalue weighted by atomic mass is 10.2. The summed E-state index contributed by atoms with van der Waals surface area (Å²) in [4.78, 5) is 0.305. The minimum absolute atomic E-state index is 0.305. The van der Waals surface area contributed by atoms with E-state index in [2.05, 4.69) is 5.32 Å². The van der Waals surface area contributed by atoms with Gasteiger partial charge in [-0.15, -0.1) is 0 Å². The van der Waals surface area contributed by atoms with Crippen molar-refractivity contribution in [2.45, 2.75) is 11.4 Å². The van der Waals surface area contributed by atoms with E-state index in [1.165, 1.54) is 6.26 Å². The third kappa shape index (κ3) is 3.48. The Bertz CT molecular complexity index is 681. The molecule has 0 spiro atoms. The van der Waals surface area contributed by atoms with E-state index in [1.807, 2.05) is 24.3 Å². The zero-order valence-electron chi connectivity index (χ0n) is 10.6. The van der Waals surface area contributed by atoms with Crippen molar-refractivity contribution in [1.82, 2.24) is 0 Å². The topological polar surface area (TPSA) is 72.2 Å². The smallest absolute Gasteiger partial charge is 0.177 e. The minimum Gasteiger partial charge on any atom is -0.399 e. The SMILES string of the molecule is CS(=O)(=O)c1ccccc1NCc1cccc(N)c1. The van der Waals surface area contributed by atoms with E-state index in [-0.39, 0.29) is 0 Å². The van der Waals surface area contributed by atoms with E-state index in [9.17, 15) is 8.42 Å². The molecule has 19 heavy (non-hydrogen) atoms. The van der Waals surface area contributed by atoms with Gasteiger partial charge in [-0.25, -0.2) is 8.42 Å². The zero-order valence-corrected chi connectivity index (χ0v) is 11.4. The Morgan fingerprint density at radius 2 is 1.84 bits per heavy atom. The van der Waals surface area contributed by atoms with Gasteiger partial charge < -0.3 is 11.1 Å². The Morgan fingerprint density at radius 3 is 2.53 bits per heavy atom. The maximum atomic E-state index is 11.7. The molecule has 0 bridgehead atoms. The highest BCUT2D eigenvalue weighted by atomic mass is 32.2. The number of nitrogens with one attached hydrogen (secondary N) is 1. The number of benzene rings is 2. The largest absolute Gasteiger partial charge is 0.399 e. The Labute approximate surface area is 113 Å². The molecule has 3 N–H and O–H groups in total. The second kappa shape index (κ2) is 5.32. The third-order valence-electron chi connectivity index (χ3n) is 2.72. The Hall–Kier alpha value is -2.01. The molecule has 0 aliphatic rings. The average Bonchev–Trinajstić information content (AvgIpc) is 2.36. The van der Waals surface area contributed by atoms with Crippen molar-refractivity contribution in [3.63, 3.8) is 0 Å². The standard InChI is InChI=1S/C14H16N2O2S/c1-19(17,18)14-8-3-2-7-13(14)16-10-11-5-4-6-12(15)9-11/h2-9,16H,10,15H2,1H3. The van der Waals surface area contributed by atoms with Crippen LogP contribution in [0.4, 0.5) is 11.4 Å². The van der Waals surface area contributed by atoms with Gasteiger partial charge in [0.05, 0.1) is 10.6 Å². The molecule has 100 valence electrons. The van der Waals surface area contributed by atoms with E-state index in [1.54, 1.807) is 24.3 Å². The summed E-state index contributed by atoms with van der Waals surface area (Å²) in [6.07, 6.45) is 1.20. The van der Waals surface area contributed by atoms with E-state index in [0.717, 1.165) is 5.56 Å². The van der Waals surface area contributed by atoms with Crippen molar-refractivity contribution in [2.75, 3.05) is 17.3 Å². The maximum Gasteiger partial charge on any atom is 0.177 e. The van der Waals surface area contributed by atoms with Crippen LogP contribution in [0.3, 0.4) is 0 Å². The molecule has 0 atom stereocenters. The summed E-state index contributed by atoms with van der Waals surface area (Å²) in [5.41, 5.74) is 8.00. The first kappa shape index (κ1) is 13.4. The van der Waals surface area contributed by atoms with Crippen molar-refractivity contribution in [1.29, 1.82) is 0 Å². The molecule has 5 heteroatoms. The number of para-hydroxylation sites is 1. The highest BCUT2D eigenvalue weighted by Gasteiger charge is 2.11. The summed E-state index contributed by atoms with van der Waals surface area (Å²) in [6, 6.07) is 14.3. The van der Waals surface area contributed by atoms with E-state index >= 15 is 0 Å². The van der Waals surface area contributed by atoms with Crippen LogP contribution in [0.1, 0.15) is 5.56 Å². The number of anilines is 2. The number of nitrogens with two attached hydrogens (primary N) is 1. The lowest BCUT2D eigenvalue weighted by Gasteiger charge is -2.11. The first-order valence-corrected chi connectivity index (χ1v) is 7.73. The van der Waals surface area contributed by atoms with Crippen LogP contribution in [-0.2, 0) is 16.4 Å². The first-order valence-electron chi connectivity index (χ1n) is 5.84. The molecule has 0 aromatic heterocycles. The average molecular weight is 276 g/mol. The number of nitrogen functional groups attached to an aromatic ring is 1. The molecule has 2 rings (SSSR count). The summed E-state index contributed by atoms with van der Waals surface area (Å²) in [5, 5.41) is 3.13. The van der Waals surface area contributed by atoms with Crippen LogP contribution in [-0.4, -0.2) is 14.7 Å². The number of rotatable bonds is 4. The van der Waals surface area contributed by atoms with Gasteiger partial charge >= 0.3 is 0 Å². The van der Waals surface area contributed by atoms with Crippen molar-refractivity contribution in [3.05, 3.63) is 54.1 Å². The van der Waals surface area contributed by atoms with Crippen LogP contribution in [0.25, 0.3) is 0 Å².